The molecule has 0 radical (unpaired) electrons. The summed E-state index contributed by atoms with van der Waals surface area (Å²) in [4.78, 5) is 29.6. The van der Waals surface area contributed by atoms with Gasteiger partial charge < -0.3 is 25.0 Å². The van der Waals surface area contributed by atoms with Crippen LogP contribution in [0.15, 0.2) is 42.5 Å². The first kappa shape index (κ1) is 25.5. The van der Waals surface area contributed by atoms with Crippen molar-refractivity contribution in [3.8, 4) is 5.75 Å². The Balaban J connectivity index is 1.85. The van der Waals surface area contributed by atoms with Gasteiger partial charge in [-0.05, 0) is 50.2 Å². The molecule has 3 amide bonds. The minimum Gasteiger partial charge on any atom is -0.491 e. The lowest BCUT2D eigenvalue weighted by atomic mass is 10.0. The fraction of sp³-hybridized carbons (Fsp3) is 0.440. The lowest BCUT2D eigenvalue weighted by Gasteiger charge is -2.34. The number of urea groups is 1. The lowest BCUT2D eigenvalue weighted by Crippen LogP contribution is -2.45. The third-order valence-corrected chi connectivity index (χ3v) is 6.14. The van der Waals surface area contributed by atoms with E-state index in [4.69, 9.17) is 9.47 Å². The van der Waals surface area contributed by atoms with Crippen LogP contribution in [0.3, 0.4) is 0 Å². The maximum Gasteiger partial charge on any atom is 0.323 e. The first-order valence-electron chi connectivity index (χ1n) is 11.3. The van der Waals surface area contributed by atoms with Crippen LogP contribution in [0.2, 0.25) is 0 Å². The Bertz CT molecular complexity index is 1020. The van der Waals surface area contributed by atoms with Gasteiger partial charge in [0.1, 0.15) is 18.2 Å². The molecule has 34 heavy (non-hydrogen) atoms. The van der Waals surface area contributed by atoms with E-state index >= 15 is 0 Å². The minimum atomic E-state index is -0.622. The van der Waals surface area contributed by atoms with Crippen molar-refractivity contribution >= 4 is 23.3 Å². The number of hydrogen-bond donors (Lipinski definition) is 2. The first-order valence-corrected chi connectivity index (χ1v) is 11.3. The van der Waals surface area contributed by atoms with Crippen LogP contribution in [0.1, 0.15) is 24.2 Å². The highest BCUT2D eigenvalue weighted by Gasteiger charge is 2.27. The fourth-order valence-electron chi connectivity index (χ4n) is 3.88. The van der Waals surface area contributed by atoms with E-state index in [1.807, 2.05) is 7.05 Å². The van der Waals surface area contributed by atoms with Crippen molar-refractivity contribution in [1.82, 2.24) is 9.80 Å². The molecule has 1 aliphatic heterocycles. The Morgan fingerprint density at radius 1 is 1.12 bits per heavy atom. The van der Waals surface area contributed by atoms with Gasteiger partial charge in [-0.15, -0.1) is 0 Å². The number of amides is 3. The van der Waals surface area contributed by atoms with E-state index in [2.05, 4.69) is 29.4 Å². The fourth-order valence-corrected chi connectivity index (χ4v) is 3.88. The number of nitrogens with zero attached hydrogens (tertiary/aromatic N) is 2. The third-order valence-electron chi connectivity index (χ3n) is 6.14. The molecule has 2 N–H and O–H groups in total. The average molecular weight is 473 g/mol. The molecule has 1 heterocycles. The molecular formula is C25H33FN4O4. The number of methoxy groups -OCH3 is 1. The number of carbonyl (C=O) groups is 2. The van der Waals surface area contributed by atoms with Crippen molar-refractivity contribution in [2.75, 3.05) is 51.5 Å². The van der Waals surface area contributed by atoms with Gasteiger partial charge in [-0.3, -0.25) is 9.69 Å². The smallest absolute Gasteiger partial charge is 0.323 e. The van der Waals surface area contributed by atoms with Gasteiger partial charge in [-0.1, -0.05) is 19.1 Å². The molecule has 1 aliphatic rings. The van der Waals surface area contributed by atoms with Crippen molar-refractivity contribution in [3.63, 3.8) is 0 Å². The number of halogens is 1. The Morgan fingerprint density at radius 3 is 2.56 bits per heavy atom. The Morgan fingerprint density at radius 2 is 1.85 bits per heavy atom. The Labute approximate surface area is 200 Å². The molecular weight excluding hydrogens is 439 g/mol. The standard InChI is InChI=1S/C25H33FN4O4/c1-16-13-29(3)17(2)15-34-22-11-10-18(12-19(22)24(31)30(4)14-23(16)33-5)27-25(32)28-21-9-7-6-8-20(21)26/h6-12,16-17,23H,13-15H2,1-5H3,(H2,27,28,32)/t16-,17+,23+/m0/s1. The predicted molar refractivity (Wildman–Crippen MR) is 130 cm³/mol. The highest BCUT2D eigenvalue weighted by atomic mass is 19.1. The minimum absolute atomic E-state index is 0.0586. The summed E-state index contributed by atoms with van der Waals surface area (Å²) in [6.07, 6.45) is -0.139. The van der Waals surface area contributed by atoms with E-state index in [1.54, 1.807) is 43.3 Å². The third kappa shape index (κ3) is 6.24. The van der Waals surface area contributed by atoms with E-state index in [1.165, 1.54) is 18.2 Å². The number of carbonyl (C=O) groups excluding carboxylic acids is 2. The van der Waals surface area contributed by atoms with Gasteiger partial charge in [-0.25, -0.2) is 9.18 Å². The van der Waals surface area contributed by atoms with Crippen molar-refractivity contribution in [2.24, 2.45) is 5.92 Å². The molecule has 184 valence electrons. The number of hydrogen-bond acceptors (Lipinski definition) is 5. The van der Waals surface area contributed by atoms with Crippen LogP contribution in [0.25, 0.3) is 0 Å². The highest BCUT2D eigenvalue weighted by Crippen LogP contribution is 2.26. The number of anilines is 2. The summed E-state index contributed by atoms with van der Waals surface area (Å²) in [6, 6.07) is 10.3. The maximum absolute atomic E-state index is 13.8. The number of nitrogens with one attached hydrogen (secondary N) is 2. The molecule has 0 fully saturated rings. The maximum atomic E-state index is 13.8. The van der Waals surface area contributed by atoms with Gasteiger partial charge in [-0.2, -0.15) is 0 Å². The number of rotatable bonds is 3. The van der Waals surface area contributed by atoms with E-state index in [0.29, 0.717) is 30.2 Å². The second-order valence-electron chi connectivity index (χ2n) is 8.81. The molecule has 2 aromatic rings. The van der Waals surface area contributed by atoms with Crippen LogP contribution < -0.4 is 15.4 Å². The van der Waals surface area contributed by atoms with Crippen molar-refractivity contribution < 1.29 is 23.5 Å². The second kappa shape index (κ2) is 11.3. The van der Waals surface area contributed by atoms with Crippen molar-refractivity contribution in [2.45, 2.75) is 26.0 Å². The largest absolute Gasteiger partial charge is 0.491 e. The zero-order chi connectivity index (χ0) is 24.8. The molecule has 0 saturated carbocycles. The van der Waals surface area contributed by atoms with Crippen molar-refractivity contribution in [3.05, 3.63) is 53.8 Å². The SMILES string of the molecule is CO[C@@H]1CN(C)C(=O)c2cc(NC(=O)Nc3ccccc3F)ccc2OC[C@@H](C)N(C)C[C@@H]1C. The monoisotopic (exact) mass is 472 g/mol. The van der Waals surface area contributed by atoms with Crippen LogP contribution in [0.5, 0.6) is 5.75 Å². The Kier molecular flexibility index (Phi) is 8.46. The van der Waals surface area contributed by atoms with Gasteiger partial charge in [0.05, 0.1) is 17.4 Å². The summed E-state index contributed by atoms with van der Waals surface area (Å²) in [5, 5.41) is 5.13. The summed E-state index contributed by atoms with van der Waals surface area (Å²) in [7, 11) is 5.41. The zero-order valence-corrected chi connectivity index (χ0v) is 20.3. The lowest BCUT2D eigenvalue weighted by molar-refractivity contribution is 0.0150. The molecule has 0 aliphatic carbocycles. The summed E-state index contributed by atoms with van der Waals surface area (Å²) in [6.45, 7) is 5.77. The Hall–Kier alpha value is -3.17. The van der Waals surface area contributed by atoms with Crippen LogP contribution in [0.4, 0.5) is 20.6 Å². The van der Waals surface area contributed by atoms with Gasteiger partial charge in [0.2, 0.25) is 0 Å². The quantitative estimate of drug-likeness (QED) is 0.708. The summed E-state index contributed by atoms with van der Waals surface area (Å²) in [5.41, 5.74) is 0.763. The number of benzene rings is 2. The van der Waals surface area contributed by atoms with Crippen LogP contribution in [-0.2, 0) is 4.74 Å². The summed E-state index contributed by atoms with van der Waals surface area (Å²) >= 11 is 0. The molecule has 3 rings (SSSR count). The number of likely N-dealkylation sites (N-methyl/N-ethyl adjacent to an activating group) is 2. The predicted octanol–water partition coefficient (Wildman–Crippen LogP) is 3.91. The molecule has 0 spiro atoms. The van der Waals surface area contributed by atoms with E-state index in [0.717, 1.165) is 6.54 Å². The molecule has 0 saturated heterocycles. The summed E-state index contributed by atoms with van der Waals surface area (Å²) in [5.74, 6) is -0.160. The molecule has 3 atom stereocenters. The average Bonchev–Trinajstić information content (AvgIpc) is 2.81. The zero-order valence-electron chi connectivity index (χ0n) is 20.3. The van der Waals surface area contributed by atoms with Gasteiger partial charge in [0.25, 0.3) is 5.91 Å². The second-order valence-corrected chi connectivity index (χ2v) is 8.81. The van der Waals surface area contributed by atoms with Crippen LogP contribution in [-0.4, -0.2) is 74.8 Å². The number of fused-ring (bicyclic) bond motifs is 1. The molecule has 8 nitrogen and oxygen atoms in total. The highest BCUT2D eigenvalue weighted by molar-refractivity contribution is 6.02. The number of para-hydroxylation sites is 1. The summed E-state index contributed by atoms with van der Waals surface area (Å²) < 4.78 is 25.6. The molecule has 9 heteroatoms. The normalized spacial score (nSPS) is 22.1. The van der Waals surface area contributed by atoms with Gasteiger partial charge in [0, 0.05) is 39.0 Å². The van der Waals surface area contributed by atoms with E-state index in [-0.39, 0.29) is 29.7 Å². The van der Waals surface area contributed by atoms with Crippen LogP contribution in [0, 0.1) is 11.7 Å². The van der Waals surface area contributed by atoms with Crippen LogP contribution >= 0.6 is 0 Å². The number of ether oxygens (including phenoxy) is 2. The van der Waals surface area contributed by atoms with Gasteiger partial charge >= 0.3 is 6.03 Å². The van der Waals surface area contributed by atoms with Gasteiger partial charge in [0.15, 0.2) is 0 Å². The first-order chi connectivity index (χ1) is 16.2. The van der Waals surface area contributed by atoms with E-state index in [9.17, 15) is 14.0 Å². The molecule has 0 aromatic heterocycles. The molecule has 0 bridgehead atoms. The van der Waals surface area contributed by atoms with E-state index < -0.39 is 11.8 Å². The molecule has 2 aromatic carbocycles. The molecule has 0 unspecified atom stereocenters. The topological polar surface area (TPSA) is 83.1 Å². The van der Waals surface area contributed by atoms with Crippen molar-refractivity contribution in [1.29, 1.82) is 0 Å².